The largest absolute Gasteiger partial charge is 0.453 e. The number of nitrogens with one attached hydrogen (secondary N) is 1. The number of benzene rings is 1. The van der Waals surface area contributed by atoms with E-state index in [0.717, 1.165) is 19.3 Å². The van der Waals surface area contributed by atoms with Gasteiger partial charge in [-0.15, -0.1) is 0 Å². The topological polar surface area (TPSA) is 58.6 Å². The number of amides is 2. The number of carbonyl (C=O) groups is 2. The average Bonchev–Trinajstić information content (AvgIpc) is 2.57. The van der Waals surface area contributed by atoms with Crippen molar-refractivity contribution in [2.75, 3.05) is 14.2 Å². The van der Waals surface area contributed by atoms with Gasteiger partial charge in [0.25, 0.3) is 0 Å². The minimum Gasteiger partial charge on any atom is -0.453 e. The van der Waals surface area contributed by atoms with Gasteiger partial charge in [0.15, 0.2) is 0 Å². The fourth-order valence-corrected chi connectivity index (χ4v) is 4.62. The number of carbonyl (C=O) groups excluding carboxylic acids is 2. The molecule has 0 heterocycles. The van der Waals surface area contributed by atoms with Crippen molar-refractivity contribution >= 4 is 12.0 Å². The molecule has 1 aromatic carbocycles. The van der Waals surface area contributed by atoms with Crippen LogP contribution in [0, 0.1) is 12.8 Å². The highest BCUT2D eigenvalue weighted by Gasteiger charge is 2.47. The van der Waals surface area contributed by atoms with Crippen LogP contribution in [0.3, 0.4) is 0 Å². The molecule has 0 unspecified atom stereocenters. The first-order valence-electron chi connectivity index (χ1n) is 9.98. The maximum atomic E-state index is 12.8. The molecular weight excluding hydrogens is 340 g/mol. The third-order valence-electron chi connectivity index (χ3n) is 6.56. The Morgan fingerprint density at radius 3 is 2.52 bits per heavy atom. The molecule has 0 aliphatic heterocycles. The molecule has 0 aromatic heterocycles. The number of ether oxygens (including phenoxy) is 1. The molecular formula is C22H32N2O3. The van der Waals surface area contributed by atoms with E-state index in [2.05, 4.69) is 42.1 Å². The Labute approximate surface area is 162 Å². The van der Waals surface area contributed by atoms with Crippen LogP contribution in [-0.2, 0) is 16.0 Å². The van der Waals surface area contributed by atoms with Gasteiger partial charge in [0.2, 0.25) is 5.91 Å². The van der Waals surface area contributed by atoms with Gasteiger partial charge < -0.3 is 15.0 Å². The van der Waals surface area contributed by atoms with E-state index in [1.807, 2.05) is 18.9 Å². The van der Waals surface area contributed by atoms with E-state index in [4.69, 9.17) is 0 Å². The average molecular weight is 373 g/mol. The molecule has 2 fully saturated rings. The van der Waals surface area contributed by atoms with E-state index in [-0.39, 0.29) is 17.4 Å². The molecule has 1 aromatic rings. The van der Waals surface area contributed by atoms with Crippen molar-refractivity contribution in [3.05, 3.63) is 34.9 Å². The van der Waals surface area contributed by atoms with E-state index >= 15 is 0 Å². The first-order valence-corrected chi connectivity index (χ1v) is 9.98. The molecule has 5 nitrogen and oxygen atoms in total. The predicted molar refractivity (Wildman–Crippen MR) is 106 cm³/mol. The Kier molecular flexibility index (Phi) is 5.50. The zero-order valence-electron chi connectivity index (χ0n) is 17.2. The highest BCUT2D eigenvalue weighted by Crippen LogP contribution is 2.43. The number of hydrogen-bond acceptors (Lipinski definition) is 3. The summed E-state index contributed by atoms with van der Waals surface area (Å²) in [5.41, 5.74) is 3.86. The molecule has 3 rings (SSSR count). The summed E-state index contributed by atoms with van der Waals surface area (Å²) in [5.74, 6) is 0.768. The van der Waals surface area contributed by atoms with Crippen LogP contribution >= 0.6 is 0 Å². The van der Waals surface area contributed by atoms with Crippen molar-refractivity contribution in [3.63, 3.8) is 0 Å². The zero-order valence-corrected chi connectivity index (χ0v) is 17.2. The first kappa shape index (κ1) is 19.7. The second-order valence-electron chi connectivity index (χ2n) is 8.59. The standard InChI is InChI=1S/C22H32N2O3/c1-6-15-7-8-16(9-14(15)2)17-10-19(11-17)24(4)20(25)18-12-22(3,13-18)23-21(26)27-5/h7-9,17-19H,6,10-13H2,1-5H3,(H,23,26). The summed E-state index contributed by atoms with van der Waals surface area (Å²) in [6.45, 7) is 6.34. The molecule has 0 spiro atoms. The van der Waals surface area contributed by atoms with Gasteiger partial charge in [-0.05, 0) is 68.6 Å². The summed E-state index contributed by atoms with van der Waals surface area (Å²) in [7, 11) is 3.29. The molecule has 0 bridgehead atoms. The molecule has 27 heavy (non-hydrogen) atoms. The Morgan fingerprint density at radius 2 is 1.96 bits per heavy atom. The van der Waals surface area contributed by atoms with Crippen molar-refractivity contribution < 1.29 is 14.3 Å². The van der Waals surface area contributed by atoms with E-state index < -0.39 is 6.09 Å². The van der Waals surface area contributed by atoms with Crippen molar-refractivity contribution in [1.29, 1.82) is 0 Å². The Hall–Kier alpha value is -2.04. The van der Waals surface area contributed by atoms with Crippen LogP contribution in [0.15, 0.2) is 18.2 Å². The normalized spacial score (nSPS) is 29.3. The quantitative estimate of drug-likeness (QED) is 0.855. The summed E-state index contributed by atoms with van der Waals surface area (Å²) in [6, 6.07) is 7.15. The van der Waals surface area contributed by atoms with Gasteiger partial charge in [-0.3, -0.25) is 4.79 Å². The lowest BCUT2D eigenvalue weighted by atomic mass is 9.68. The minimum atomic E-state index is -0.428. The van der Waals surface area contributed by atoms with Crippen LogP contribution in [0.1, 0.15) is 62.1 Å². The second kappa shape index (κ2) is 7.53. The van der Waals surface area contributed by atoms with Gasteiger partial charge in [-0.2, -0.15) is 0 Å². The molecule has 0 atom stereocenters. The molecule has 1 N–H and O–H groups in total. The summed E-state index contributed by atoms with van der Waals surface area (Å²) in [6.07, 6.45) is 4.08. The SMILES string of the molecule is CCc1ccc(C2CC(N(C)C(=O)C3CC(C)(NC(=O)OC)C3)C2)cc1C. The van der Waals surface area contributed by atoms with Crippen molar-refractivity contribution in [1.82, 2.24) is 10.2 Å². The predicted octanol–water partition coefficient (Wildman–Crippen LogP) is 3.79. The molecule has 2 amide bonds. The fraction of sp³-hybridized carbons (Fsp3) is 0.636. The Bertz CT molecular complexity index is 718. The van der Waals surface area contributed by atoms with Gasteiger partial charge in [0, 0.05) is 24.5 Å². The summed E-state index contributed by atoms with van der Waals surface area (Å²) < 4.78 is 4.66. The number of aryl methyl sites for hydroxylation is 2. The summed E-state index contributed by atoms with van der Waals surface area (Å²) in [5, 5.41) is 2.83. The van der Waals surface area contributed by atoms with Crippen molar-refractivity contribution in [3.8, 4) is 0 Å². The van der Waals surface area contributed by atoms with Crippen molar-refractivity contribution in [2.24, 2.45) is 5.92 Å². The number of rotatable bonds is 5. The minimum absolute atomic E-state index is 0.00212. The van der Waals surface area contributed by atoms with Crippen LogP contribution in [0.25, 0.3) is 0 Å². The number of hydrogen-bond donors (Lipinski definition) is 1. The Balaban J connectivity index is 1.49. The van der Waals surface area contributed by atoms with E-state index in [1.54, 1.807) is 0 Å². The molecule has 0 saturated heterocycles. The third-order valence-corrected chi connectivity index (χ3v) is 6.56. The first-order chi connectivity index (χ1) is 12.8. The molecule has 2 saturated carbocycles. The molecule has 5 heteroatoms. The van der Waals surface area contributed by atoms with Crippen LogP contribution < -0.4 is 5.32 Å². The molecule has 0 radical (unpaired) electrons. The highest BCUT2D eigenvalue weighted by molar-refractivity contribution is 5.81. The highest BCUT2D eigenvalue weighted by atomic mass is 16.5. The maximum absolute atomic E-state index is 12.8. The number of alkyl carbamates (subject to hydrolysis) is 1. The van der Waals surface area contributed by atoms with Crippen molar-refractivity contribution in [2.45, 2.75) is 70.4 Å². The number of methoxy groups -OCH3 is 1. The molecule has 2 aliphatic carbocycles. The van der Waals surface area contributed by atoms with Crippen LogP contribution in [-0.4, -0.2) is 42.6 Å². The Morgan fingerprint density at radius 1 is 1.30 bits per heavy atom. The molecule has 148 valence electrons. The van der Waals surface area contributed by atoms with Gasteiger partial charge in [-0.1, -0.05) is 25.1 Å². The summed E-state index contributed by atoms with van der Waals surface area (Å²) >= 11 is 0. The smallest absolute Gasteiger partial charge is 0.407 e. The van der Waals surface area contributed by atoms with E-state index in [0.29, 0.717) is 24.8 Å². The fourth-order valence-electron chi connectivity index (χ4n) is 4.62. The molecule has 2 aliphatic rings. The van der Waals surface area contributed by atoms with Crippen LogP contribution in [0.2, 0.25) is 0 Å². The van der Waals surface area contributed by atoms with Gasteiger partial charge >= 0.3 is 6.09 Å². The van der Waals surface area contributed by atoms with Gasteiger partial charge in [0.05, 0.1) is 7.11 Å². The maximum Gasteiger partial charge on any atom is 0.407 e. The summed E-state index contributed by atoms with van der Waals surface area (Å²) in [4.78, 5) is 26.1. The van der Waals surface area contributed by atoms with Gasteiger partial charge in [-0.25, -0.2) is 4.79 Å². The van der Waals surface area contributed by atoms with Crippen LogP contribution in [0.4, 0.5) is 4.79 Å². The van der Waals surface area contributed by atoms with E-state index in [9.17, 15) is 9.59 Å². The zero-order chi connectivity index (χ0) is 19.8. The second-order valence-corrected chi connectivity index (χ2v) is 8.59. The monoisotopic (exact) mass is 372 g/mol. The van der Waals surface area contributed by atoms with Gasteiger partial charge in [0.1, 0.15) is 0 Å². The third kappa shape index (κ3) is 3.97. The lowest BCUT2D eigenvalue weighted by Crippen LogP contribution is -2.59. The number of nitrogens with zero attached hydrogens (tertiary/aromatic N) is 1. The lowest BCUT2D eigenvalue weighted by Gasteiger charge is -2.48. The van der Waals surface area contributed by atoms with E-state index in [1.165, 1.54) is 23.8 Å². The lowest BCUT2D eigenvalue weighted by molar-refractivity contribution is -0.143. The van der Waals surface area contributed by atoms with Crippen LogP contribution in [0.5, 0.6) is 0 Å².